The van der Waals surface area contributed by atoms with Crippen molar-refractivity contribution in [1.29, 1.82) is 0 Å². The van der Waals surface area contributed by atoms with Crippen LogP contribution in [-0.4, -0.2) is 28.9 Å². The van der Waals surface area contributed by atoms with Gasteiger partial charge in [-0.2, -0.15) is 4.98 Å². The molecule has 0 aliphatic carbocycles. The maximum Gasteiger partial charge on any atom is 0.232 e. The molecule has 0 spiro atoms. The van der Waals surface area contributed by atoms with Crippen LogP contribution in [0.25, 0.3) is 28.0 Å². The number of ether oxygens (including phenoxy) is 1. The number of pyridine rings is 1. The fourth-order valence-electron chi connectivity index (χ4n) is 4.00. The topological polar surface area (TPSA) is 116 Å². The van der Waals surface area contributed by atoms with Crippen LogP contribution in [0.3, 0.4) is 0 Å². The first-order chi connectivity index (χ1) is 18.5. The molecular formula is C27H22F2N4O5S. The van der Waals surface area contributed by atoms with Crippen LogP contribution in [0.1, 0.15) is 18.4 Å². The summed E-state index contributed by atoms with van der Waals surface area (Å²) >= 11 is 0. The minimum atomic E-state index is -3.63. The fourth-order valence-corrected chi connectivity index (χ4v) is 4.63. The molecule has 0 fully saturated rings. The van der Waals surface area contributed by atoms with Gasteiger partial charge >= 0.3 is 0 Å². The van der Waals surface area contributed by atoms with Crippen molar-refractivity contribution in [3.8, 4) is 28.6 Å². The summed E-state index contributed by atoms with van der Waals surface area (Å²) in [6.07, 6.45) is 1.57. The van der Waals surface area contributed by atoms with E-state index >= 15 is 0 Å². The third-order valence-electron chi connectivity index (χ3n) is 5.95. The molecule has 2 heterocycles. The molecule has 12 heteroatoms. The number of nitrogens with one attached hydrogen (secondary N) is 1. The predicted molar refractivity (Wildman–Crippen MR) is 142 cm³/mol. The molecule has 3 aromatic carbocycles. The molecule has 0 unspecified atom stereocenters. The summed E-state index contributed by atoms with van der Waals surface area (Å²) in [6.45, 7) is 4.79. The number of nitrogens with zero attached hydrogens (tertiary/aromatic N) is 3. The highest BCUT2D eigenvalue weighted by Crippen LogP contribution is 2.35. The highest BCUT2D eigenvalue weighted by Gasteiger charge is 2.18. The zero-order valence-corrected chi connectivity index (χ0v) is 21.8. The maximum absolute atomic E-state index is 14.5. The zero-order chi connectivity index (χ0) is 27.9. The normalized spacial score (nSPS) is 11.6. The summed E-state index contributed by atoms with van der Waals surface area (Å²) in [5.41, 5.74) is 1.66. The lowest BCUT2D eigenvalue weighted by Gasteiger charge is -2.19. The molecule has 0 saturated carbocycles. The third-order valence-corrected chi connectivity index (χ3v) is 7.26. The average molecular weight is 553 g/mol. The number of aryl methyl sites for hydroxylation is 2. The summed E-state index contributed by atoms with van der Waals surface area (Å²) in [7, 11) is -3.63. The van der Waals surface area contributed by atoms with Crippen molar-refractivity contribution < 1.29 is 26.5 Å². The molecule has 200 valence electrons. The van der Waals surface area contributed by atoms with Crippen molar-refractivity contribution in [2.75, 3.05) is 10.5 Å². The third kappa shape index (κ3) is 5.23. The van der Waals surface area contributed by atoms with Gasteiger partial charge in [-0.1, -0.05) is 11.2 Å². The first-order valence-corrected chi connectivity index (χ1v) is 13.4. The lowest BCUT2D eigenvalue weighted by atomic mass is 10.1. The van der Waals surface area contributed by atoms with E-state index < -0.39 is 21.7 Å². The molecule has 1 N–H and O–H groups in total. The van der Waals surface area contributed by atoms with E-state index in [1.807, 2.05) is 0 Å². The maximum atomic E-state index is 14.5. The van der Waals surface area contributed by atoms with Gasteiger partial charge in [-0.3, -0.25) is 9.52 Å². The van der Waals surface area contributed by atoms with Crippen LogP contribution in [0.5, 0.6) is 11.5 Å². The van der Waals surface area contributed by atoms with E-state index in [1.54, 1.807) is 42.8 Å². The van der Waals surface area contributed by atoms with E-state index in [9.17, 15) is 22.0 Å². The number of fused-ring (bicyclic) bond motifs is 1. The Labute approximate surface area is 221 Å². The second-order valence-electron chi connectivity index (χ2n) is 8.74. The molecule has 5 aromatic rings. The lowest BCUT2D eigenvalue weighted by molar-refractivity contribution is 0.394. The van der Waals surface area contributed by atoms with Gasteiger partial charge in [0.05, 0.1) is 22.6 Å². The minimum Gasteiger partial charge on any atom is -0.452 e. The lowest BCUT2D eigenvalue weighted by Crippen LogP contribution is -2.15. The molecule has 9 nitrogen and oxygen atoms in total. The number of benzene rings is 3. The summed E-state index contributed by atoms with van der Waals surface area (Å²) in [5, 5.41) is 4.30. The minimum absolute atomic E-state index is 0.116. The second-order valence-corrected chi connectivity index (χ2v) is 10.8. The number of sulfonamides is 1. The largest absolute Gasteiger partial charge is 0.452 e. The molecule has 0 aliphatic heterocycles. The van der Waals surface area contributed by atoms with E-state index in [1.165, 1.54) is 25.1 Å². The summed E-state index contributed by atoms with van der Waals surface area (Å²) in [5.74, 6) is -1.31. The molecule has 0 amide bonds. The first-order valence-electron chi connectivity index (χ1n) is 11.8. The second kappa shape index (κ2) is 9.95. The number of hydrogen-bond donors (Lipinski definition) is 1. The van der Waals surface area contributed by atoms with Gasteiger partial charge in [0.25, 0.3) is 0 Å². The van der Waals surface area contributed by atoms with Gasteiger partial charge in [0.2, 0.25) is 21.7 Å². The standard InChI is InChI=1S/C27H22F2N4O5S/c1-4-39(35,36)32-19-7-10-25(37-24-9-6-18(28)12-21(24)29)23(13-19)33-14-15(2)26(34)20-8-5-17(11-22(20)33)27-30-16(3)38-31-27/h5-14,32H,4H2,1-3H3. The smallest absolute Gasteiger partial charge is 0.232 e. The Hall–Kier alpha value is -4.58. The molecule has 0 atom stereocenters. The van der Waals surface area contributed by atoms with Crippen molar-refractivity contribution in [2.45, 2.75) is 20.8 Å². The molecule has 0 radical (unpaired) electrons. The molecule has 0 aliphatic rings. The van der Waals surface area contributed by atoms with Gasteiger partial charge in [-0.05, 0) is 56.3 Å². The van der Waals surface area contributed by atoms with Gasteiger partial charge in [0.1, 0.15) is 5.82 Å². The van der Waals surface area contributed by atoms with Crippen LogP contribution in [-0.2, 0) is 10.0 Å². The highest BCUT2D eigenvalue weighted by atomic mass is 32.2. The van der Waals surface area contributed by atoms with E-state index in [2.05, 4.69) is 14.9 Å². The van der Waals surface area contributed by atoms with Gasteiger partial charge in [-0.15, -0.1) is 0 Å². The zero-order valence-electron chi connectivity index (χ0n) is 21.0. The van der Waals surface area contributed by atoms with Crippen LogP contribution in [0.15, 0.2) is 70.1 Å². The SMILES string of the molecule is CCS(=O)(=O)Nc1ccc(Oc2ccc(F)cc2F)c(-n2cc(C)c(=O)c3ccc(-c4noc(C)n4)cc32)c1. The van der Waals surface area contributed by atoms with Crippen molar-refractivity contribution in [2.24, 2.45) is 0 Å². The van der Waals surface area contributed by atoms with Crippen molar-refractivity contribution in [1.82, 2.24) is 14.7 Å². The number of aromatic nitrogens is 3. The number of hydrogen-bond acceptors (Lipinski definition) is 7. The van der Waals surface area contributed by atoms with Crippen LogP contribution in [0.2, 0.25) is 0 Å². The van der Waals surface area contributed by atoms with E-state index in [0.717, 1.165) is 12.1 Å². The van der Waals surface area contributed by atoms with Gasteiger partial charge in [0, 0.05) is 35.7 Å². The predicted octanol–water partition coefficient (Wildman–Crippen LogP) is 5.49. The Morgan fingerprint density at radius 2 is 1.79 bits per heavy atom. The Morgan fingerprint density at radius 3 is 2.49 bits per heavy atom. The van der Waals surface area contributed by atoms with Crippen LogP contribution in [0.4, 0.5) is 14.5 Å². The Morgan fingerprint density at radius 1 is 1.03 bits per heavy atom. The molecule has 2 aromatic heterocycles. The van der Waals surface area contributed by atoms with Crippen molar-refractivity contribution in [3.63, 3.8) is 0 Å². The van der Waals surface area contributed by atoms with Gasteiger partial charge < -0.3 is 13.8 Å². The molecule has 0 saturated heterocycles. The Balaban J connectivity index is 1.76. The Kier molecular flexibility index (Phi) is 6.64. The molecule has 39 heavy (non-hydrogen) atoms. The van der Waals surface area contributed by atoms with Crippen molar-refractivity contribution in [3.05, 3.63) is 94.1 Å². The van der Waals surface area contributed by atoms with Gasteiger partial charge in [0.15, 0.2) is 22.7 Å². The number of halogens is 2. The van der Waals surface area contributed by atoms with Gasteiger partial charge in [-0.25, -0.2) is 17.2 Å². The van der Waals surface area contributed by atoms with E-state index in [0.29, 0.717) is 39.8 Å². The van der Waals surface area contributed by atoms with Crippen LogP contribution in [0, 0.1) is 25.5 Å². The average Bonchev–Trinajstić information content (AvgIpc) is 3.34. The molecular weight excluding hydrogens is 530 g/mol. The summed E-state index contributed by atoms with van der Waals surface area (Å²) < 4.78 is 67.6. The van der Waals surface area contributed by atoms with Crippen molar-refractivity contribution >= 4 is 26.6 Å². The Bertz CT molecular complexity index is 1900. The van der Waals surface area contributed by atoms with E-state index in [4.69, 9.17) is 9.26 Å². The molecule has 0 bridgehead atoms. The summed E-state index contributed by atoms with van der Waals surface area (Å²) in [6, 6.07) is 12.3. The van der Waals surface area contributed by atoms with Crippen LogP contribution < -0.4 is 14.9 Å². The number of anilines is 1. The number of rotatable bonds is 7. The fraction of sp³-hybridized carbons (Fsp3) is 0.148. The monoisotopic (exact) mass is 552 g/mol. The quantitative estimate of drug-likeness (QED) is 0.284. The van der Waals surface area contributed by atoms with E-state index in [-0.39, 0.29) is 34.1 Å². The van der Waals surface area contributed by atoms with Crippen LogP contribution >= 0.6 is 0 Å². The first kappa shape index (κ1) is 26.0. The highest BCUT2D eigenvalue weighted by molar-refractivity contribution is 7.92. The summed E-state index contributed by atoms with van der Waals surface area (Å²) in [4.78, 5) is 17.3. The molecule has 5 rings (SSSR count).